The maximum atomic E-state index is 5.95. The molecule has 3 heteroatoms. The highest BCUT2D eigenvalue weighted by Gasteiger charge is 2.26. The zero-order valence-electron chi connectivity index (χ0n) is 11.2. The Hall–Kier alpha value is -1.22. The smallest absolute Gasteiger partial charge is 0.119 e. The summed E-state index contributed by atoms with van der Waals surface area (Å²) in [5.41, 5.74) is 6.15. The van der Waals surface area contributed by atoms with Gasteiger partial charge in [0.25, 0.3) is 0 Å². The van der Waals surface area contributed by atoms with Gasteiger partial charge in [-0.2, -0.15) is 0 Å². The minimum absolute atomic E-state index is 0.198. The van der Waals surface area contributed by atoms with Gasteiger partial charge in [-0.25, -0.2) is 0 Å². The molecule has 2 N–H and O–H groups in total. The van der Waals surface area contributed by atoms with E-state index in [1.165, 1.54) is 19.5 Å². The summed E-state index contributed by atoms with van der Waals surface area (Å²) in [4.78, 5) is 2.39. The first-order valence-corrected chi connectivity index (χ1v) is 6.11. The van der Waals surface area contributed by atoms with E-state index >= 15 is 0 Å². The third-order valence-corrected chi connectivity index (χ3v) is 2.66. The molecule has 1 fully saturated rings. The Morgan fingerprint density at radius 1 is 1.41 bits per heavy atom. The standard InChI is InChI=1S/C14H24N2O/c1-5-13(8-7-12(2)15)17-14(3,4)11-16-9-6-10-16/h5,7-8H,1,6,9-11,15H2,2-4H3/b12-7+,13-8+. The number of hydrogen-bond acceptors (Lipinski definition) is 3. The van der Waals surface area contributed by atoms with Crippen LogP contribution in [0.2, 0.25) is 0 Å². The second-order valence-corrected chi connectivity index (χ2v) is 5.18. The summed E-state index contributed by atoms with van der Waals surface area (Å²) in [6.45, 7) is 13.1. The molecule has 0 bridgehead atoms. The first kappa shape index (κ1) is 13.8. The summed E-state index contributed by atoms with van der Waals surface area (Å²) >= 11 is 0. The number of nitrogens with two attached hydrogens (primary N) is 1. The molecule has 0 aromatic carbocycles. The van der Waals surface area contributed by atoms with E-state index in [2.05, 4.69) is 25.3 Å². The summed E-state index contributed by atoms with van der Waals surface area (Å²) < 4.78 is 5.95. The molecule has 3 nitrogen and oxygen atoms in total. The first-order valence-electron chi connectivity index (χ1n) is 6.11. The van der Waals surface area contributed by atoms with Crippen LogP contribution in [-0.2, 0) is 4.74 Å². The molecule has 1 aliphatic heterocycles. The maximum absolute atomic E-state index is 5.95. The van der Waals surface area contributed by atoms with E-state index in [0.29, 0.717) is 0 Å². The molecule has 0 aromatic rings. The molecule has 0 aliphatic carbocycles. The topological polar surface area (TPSA) is 38.5 Å². The molecule has 17 heavy (non-hydrogen) atoms. The monoisotopic (exact) mass is 236 g/mol. The molecule has 0 spiro atoms. The predicted octanol–water partition coefficient (Wildman–Crippen LogP) is 2.42. The van der Waals surface area contributed by atoms with Crippen molar-refractivity contribution < 1.29 is 4.74 Å². The lowest BCUT2D eigenvalue weighted by Gasteiger charge is -2.38. The molecule has 0 radical (unpaired) electrons. The predicted molar refractivity (Wildman–Crippen MR) is 72.4 cm³/mol. The van der Waals surface area contributed by atoms with Gasteiger partial charge in [0.15, 0.2) is 0 Å². The highest BCUT2D eigenvalue weighted by Crippen LogP contribution is 2.20. The van der Waals surface area contributed by atoms with Gasteiger partial charge in [-0.3, -0.25) is 4.90 Å². The Labute approximate surface area is 105 Å². The molecular formula is C14H24N2O. The van der Waals surface area contributed by atoms with Gasteiger partial charge >= 0.3 is 0 Å². The van der Waals surface area contributed by atoms with Gasteiger partial charge in [0.1, 0.15) is 11.4 Å². The minimum atomic E-state index is -0.198. The molecule has 0 saturated carbocycles. The minimum Gasteiger partial charge on any atom is -0.487 e. The van der Waals surface area contributed by atoms with Crippen molar-refractivity contribution in [2.24, 2.45) is 5.73 Å². The summed E-state index contributed by atoms with van der Waals surface area (Å²) in [5.74, 6) is 0.764. The maximum Gasteiger partial charge on any atom is 0.119 e. The first-order chi connectivity index (χ1) is 7.93. The van der Waals surface area contributed by atoms with Gasteiger partial charge in [-0.1, -0.05) is 6.58 Å². The molecule has 0 unspecified atom stereocenters. The van der Waals surface area contributed by atoms with E-state index in [4.69, 9.17) is 10.5 Å². The van der Waals surface area contributed by atoms with E-state index in [1.807, 2.05) is 19.1 Å². The second-order valence-electron chi connectivity index (χ2n) is 5.18. The van der Waals surface area contributed by atoms with Crippen molar-refractivity contribution in [2.45, 2.75) is 32.8 Å². The molecular weight excluding hydrogens is 212 g/mol. The molecule has 0 aromatic heterocycles. The Morgan fingerprint density at radius 2 is 2.06 bits per heavy atom. The molecule has 96 valence electrons. The molecule has 0 atom stereocenters. The van der Waals surface area contributed by atoms with E-state index in [9.17, 15) is 0 Å². The van der Waals surface area contributed by atoms with Crippen molar-refractivity contribution in [3.8, 4) is 0 Å². The van der Waals surface area contributed by atoms with E-state index < -0.39 is 0 Å². The second kappa shape index (κ2) is 5.92. The van der Waals surface area contributed by atoms with Crippen molar-refractivity contribution in [2.75, 3.05) is 19.6 Å². The van der Waals surface area contributed by atoms with Crippen LogP contribution >= 0.6 is 0 Å². The quantitative estimate of drug-likeness (QED) is 0.568. The van der Waals surface area contributed by atoms with Crippen molar-refractivity contribution in [3.63, 3.8) is 0 Å². The fraction of sp³-hybridized carbons (Fsp3) is 0.571. The Kier molecular flexibility index (Phi) is 4.82. The lowest BCUT2D eigenvalue weighted by Crippen LogP contribution is -2.47. The van der Waals surface area contributed by atoms with Gasteiger partial charge in [0.2, 0.25) is 0 Å². The lowest BCUT2D eigenvalue weighted by molar-refractivity contribution is -0.00754. The van der Waals surface area contributed by atoms with Crippen LogP contribution in [0.1, 0.15) is 27.2 Å². The average molecular weight is 236 g/mol. The SMILES string of the molecule is C=C/C(=C\C=C(/C)N)OC(C)(C)CN1CCC1. The Balaban J connectivity index is 2.55. The summed E-state index contributed by atoms with van der Waals surface area (Å²) in [6.07, 6.45) is 6.71. The fourth-order valence-corrected chi connectivity index (χ4v) is 1.79. The van der Waals surface area contributed by atoms with Gasteiger partial charge in [-0.05, 0) is 58.5 Å². The normalized spacial score (nSPS) is 18.8. The molecule has 1 saturated heterocycles. The van der Waals surface area contributed by atoms with E-state index in [0.717, 1.165) is 18.0 Å². The lowest BCUT2D eigenvalue weighted by atomic mass is 10.1. The van der Waals surface area contributed by atoms with Crippen LogP contribution in [-0.4, -0.2) is 30.1 Å². The van der Waals surface area contributed by atoms with Crippen LogP contribution in [0.25, 0.3) is 0 Å². The fourth-order valence-electron chi connectivity index (χ4n) is 1.79. The van der Waals surface area contributed by atoms with Crippen LogP contribution < -0.4 is 5.73 Å². The molecule has 1 aliphatic rings. The average Bonchev–Trinajstić information content (AvgIpc) is 2.18. The largest absolute Gasteiger partial charge is 0.487 e. The van der Waals surface area contributed by atoms with Gasteiger partial charge < -0.3 is 10.5 Å². The Bertz CT molecular complexity index is 321. The van der Waals surface area contributed by atoms with Crippen LogP contribution in [0.3, 0.4) is 0 Å². The van der Waals surface area contributed by atoms with E-state index in [-0.39, 0.29) is 5.60 Å². The summed E-state index contributed by atoms with van der Waals surface area (Å²) in [6, 6.07) is 0. The van der Waals surface area contributed by atoms with Gasteiger partial charge in [0.05, 0.1) is 0 Å². The van der Waals surface area contributed by atoms with Gasteiger partial charge in [0, 0.05) is 12.2 Å². The van der Waals surface area contributed by atoms with Crippen LogP contribution in [0.4, 0.5) is 0 Å². The Morgan fingerprint density at radius 3 is 2.47 bits per heavy atom. The summed E-state index contributed by atoms with van der Waals surface area (Å²) in [5, 5.41) is 0. The highest BCUT2D eigenvalue weighted by molar-refractivity contribution is 5.19. The van der Waals surface area contributed by atoms with Crippen molar-refractivity contribution in [1.82, 2.24) is 4.90 Å². The van der Waals surface area contributed by atoms with Gasteiger partial charge in [-0.15, -0.1) is 0 Å². The third kappa shape index (κ3) is 5.09. The highest BCUT2D eigenvalue weighted by atomic mass is 16.5. The third-order valence-electron chi connectivity index (χ3n) is 2.66. The summed E-state index contributed by atoms with van der Waals surface area (Å²) in [7, 11) is 0. The van der Waals surface area contributed by atoms with Crippen LogP contribution in [0.5, 0.6) is 0 Å². The van der Waals surface area contributed by atoms with Crippen molar-refractivity contribution in [3.05, 3.63) is 36.3 Å². The van der Waals surface area contributed by atoms with Crippen molar-refractivity contribution >= 4 is 0 Å². The van der Waals surface area contributed by atoms with Crippen LogP contribution in [0, 0.1) is 0 Å². The number of rotatable bonds is 6. The van der Waals surface area contributed by atoms with Crippen LogP contribution in [0.15, 0.2) is 36.3 Å². The number of ether oxygens (including phenoxy) is 1. The molecule has 1 rings (SSSR count). The number of likely N-dealkylation sites (tertiary alicyclic amines) is 1. The number of hydrogen-bond donors (Lipinski definition) is 1. The molecule has 1 heterocycles. The number of allylic oxidation sites excluding steroid dienone is 4. The zero-order valence-corrected chi connectivity index (χ0v) is 11.2. The zero-order chi connectivity index (χ0) is 12.9. The number of nitrogens with zero attached hydrogens (tertiary/aromatic N) is 1. The van der Waals surface area contributed by atoms with E-state index in [1.54, 1.807) is 6.08 Å². The van der Waals surface area contributed by atoms with Crippen molar-refractivity contribution in [1.29, 1.82) is 0 Å². The molecule has 0 amide bonds.